The Morgan fingerprint density at radius 2 is 1.55 bits per heavy atom. The van der Waals surface area contributed by atoms with E-state index in [1.807, 2.05) is 30.5 Å². The molecule has 0 bridgehead atoms. The molecule has 0 unspecified atom stereocenters. The highest BCUT2D eigenvalue weighted by atomic mass is 16.3. The van der Waals surface area contributed by atoms with Gasteiger partial charge in [-0.15, -0.1) is 0 Å². The summed E-state index contributed by atoms with van der Waals surface area (Å²) < 4.78 is 0. The lowest BCUT2D eigenvalue weighted by atomic mass is 9.98. The Kier molecular flexibility index (Phi) is 4.13. The zero-order chi connectivity index (χ0) is 15.5. The number of rotatable bonds is 5. The second-order valence-corrected chi connectivity index (χ2v) is 5.57. The molecule has 0 aliphatic rings. The topological polar surface area (TPSA) is 76.5 Å². The number of phenolic OH excluding ortho intramolecular Hbond substituents is 1. The predicted octanol–water partition coefficient (Wildman–Crippen LogP) is 2.38. The van der Waals surface area contributed by atoms with Gasteiger partial charge < -0.3 is 20.3 Å². The first kappa shape index (κ1) is 14.6. The molecule has 0 radical (unpaired) electrons. The smallest absolute Gasteiger partial charge is 0.115 e. The van der Waals surface area contributed by atoms with Crippen molar-refractivity contribution >= 4 is 10.9 Å². The summed E-state index contributed by atoms with van der Waals surface area (Å²) in [4.78, 5) is 3.17. The molecule has 3 aromatic rings. The summed E-state index contributed by atoms with van der Waals surface area (Å²) in [5, 5.41) is 30.8. The average molecular weight is 297 g/mol. The van der Waals surface area contributed by atoms with Crippen molar-refractivity contribution in [2.45, 2.75) is 25.0 Å². The summed E-state index contributed by atoms with van der Waals surface area (Å²) in [5.74, 6) is 0.192. The average Bonchev–Trinajstić information content (AvgIpc) is 2.93. The first-order chi connectivity index (χ1) is 10.6. The van der Waals surface area contributed by atoms with E-state index in [-0.39, 0.29) is 5.75 Å². The molecule has 2 aromatic carbocycles. The molecule has 114 valence electrons. The van der Waals surface area contributed by atoms with Crippen molar-refractivity contribution in [1.82, 2.24) is 4.98 Å². The van der Waals surface area contributed by atoms with E-state index in [4.69, 9.17) is 0 Å². The van der Waals surface area contributed by atoms with Gasteiger partial charge in [0.05, 0.1) is 12.2 Å². The molecule has 2 atom stereocenters. The number of aromatic nitrogens is 1. The van der Waals surface area contributed by atoms with Crippen LogP contribution in [0.15, 0.2) is 54.7 Å². The number of aromatic amines is 1. The van der Waals surface area contributed by atoms with Crippen LogP contribution in [0.5, 0.6) is 5.75 Å². The molecule has 22 heavy (non-hydrogen) atoms. The van der Waals surface area contributed by atoms with Crippen LogP contribution in [0, 0.1) is 0 Å². The van der Waals surface area contributed by atoms with Crippen LogP contribution < -0.4 is 0 Å². The molecule has 0 aliphatic heterocycles. The number of hydrogen-bond acceptors (Lipinski definition) is 3. The van der Waals surface area contributed by atoms with Crippen LogP contribution in [0.2, 0.25) is 0 Å². The van der Waals surface area contributed by atoms with Crippen LogP contribution in [0.1, 0.15) is 11.1 Å². The quantitative estimate of drug-likeness (QED) is 0.584. The molecule has 0 amide bonds. The summed E-state index contributed by atoms with van der Waals surface area (Å²) in [7, 11) is 0. The second-order valence-electron chi connectivity index (χ2n) is 5.57. The number of nitrogens with one attached hydrogen (secondary N) is 1. The number of phenols is 1. The minimum Gasteiger partial charge on any atom is -0.508 e. The molecule has 4 heteroatoms. The van der Waals surface area contributed by atoms with E-state index in [9.17, 15) is 15.3 Å². The molecule has 0 aliphatic carbocycles. The molecule has 0 fully saturated rings. The third kappa shape index (κ3) is 3.13. The maximum atomic E-state index is 10.3. The van der Waals surface area contributed by atoms with Crippen LogP contribution in [-0.4, -0.2) is 32.5 Å². The number of aromatic hydroxyl groups is 1. The minimum absolute atomic E-state index is 0.192. The summed E-state index contributed by atoms with van der Waals surface area (Å²) in [6, 6.07) is 14.5. The Balaban J connectivity index is 1.68. The Labute approximate surface area is 128 Å². The highest BCUT2D eigenvalue weighted by Crippen LogP contribution is 2.20. The van der Waals surface area contributed by atoms with Gasteiger partial charge in [0.15, 0.2) is 0 Å². The molecule has 0 saturated carbocycles. The van der Waals surface area contributed by atoms with E-state index in [0.717, 1.165) is 22.0 Å². The number of hydrogen-bond donors (Lipinski definition) is 4. The SMILES string of the molecule is Oc1ccc(C[C@H](O)[C@@H](O)Cc2c[nH]c3ccccc23)cc1. The monoisotopic (exact) mass is 297 g/mol. The molecular formula is C18H19NO3. The van der Waals surface area contributed by atoms with Gasteiger partial charge in [-0.2, -0.15) is 0 Å². The van der Waals surface area contributed by atoms with Crippen molar-refractivity contribution in [3.8, 4) is 5.75 Å². The van der Waals surface area contributed by atoms with E-state index < -0.39 is 12.2 Å². The maximum Gasteiger partial charge on any atom is 0.115 e. The number of aliphatic hydroxyl groups excluding tert-OH is 2. The van der Waals surface area contributed by atoms with Gasteiger partial charge in [0, 0.05) is 29.9 Å². The van der Waals surface area contributed by atoms with Gasteiger partial charge >= 0.3 is 0 Å². The minimum atomic E-state index is -0.849. The molecule has 3 rings (SSSR count). The summed E-state index contributed by atoms with van der Waals surface area (Å²) >= 11 is 0. The number of benzene rings is 2. The van der Waals surface area contributed by atoms with Gasteiger partial charge in [-0.25, -0.2) is 0 Å². The number of aliphatic hydroxyl groups is 2. The van der Waals surface area contributed by atoms with Crippen LogP contribution in [0.4, 0.5) is 0 Å². The first-order valence-corrected chi connectivity index (χ1v) is 7.32. The largest absolute Gasteiger partial charge is 0.508 e. The lowest BCUT2D eigenvalue weighted by Gasteiger charge is -2.17. The third-order valence-corrected chi connectivity index (χ3v) is 3.93. The van der Waals surface area contributed by atoms with Crippen molar-refractivity contribution < 1.29 is 15.3 Å². The van der Waals surface area contributed by atoms with Gasteiger partial charge in [0.25, 0.3) is 0 Å². The fourth-order valence-electron chi connectivity index (χ4n) is 2.67. The lowest BCUT2D eigenvalue weighted by molar-refractivity contribution is 0.0208. The standard InChI is InChI=1S/C18H19NO3/c20-14-7-5-12(6-8-14)9-17(21)18(22)10-13-11-19-16-4-2-1-3-15(13)16/h1-8,11,17-22H,9-10H2/t17-,18-/m0/s1. The predicted molar refractivity (Wildman–Crippen MR) is 85.8 cm³/mol. The van der Waals surface area contributed by atoms with Crippen molar-refractivity contribution in [2.24, 2.45) is 0 Å². The van der Waals surface area contributed by atoms with Crippen molar-refractivity contribution in [2.75, 3.05) is 0 Å². The van der Waals surface area contributed by atoms with Crippen LogP contribution in [0.3, 0.4) is 0 Å². The summed E-state index contributed by atoms with van der Waals surface area (Å²) in [6.45, 7) is 0. The van der Waals surface area contributed by atoms with E-state index in [0.29, 0.717) is 12.8 Å². The molecule has 1 aromatic heterocycles. The van der Waals surface area contributed by atoms with Gasteiger partial charge in [-0.3, -0.25) is 0 Å². The van der Waals surface area contributed by atoms with E-state index in [2.05, 4.69) is 4.98 Å². The van der Waals surface area contributed by atoms with Gasteiger partial charge in [0.2, 0.25) is 0 Å². The zero-order valence-electron chi connectivity index (χ0n) is 12.1. The van der Waals surface area contributed by atoms with Gasteiger partial charge in [-0.05, 0) is 29.3 Å². The third-order valence-electron chi connectivity index (χ3n) is 3.93. The van der Waals surface area contributed by atoms with E-state index >= 15 is 0 Å². The molecule has 4 N–H and O–H groups in total. The number of H-pyrrole nitrogens is 1. The van der Waals surface area contributed by atoms with Crippen molar-refractivity contribution in [3.05, 3.63) is 65.9 Å². The van der Waals surface area contributed by atoms with Crippen LogP contribution >= 0.6 is 0 Å². The van der Waals surface area contributed by atoms with E-state index in [1.165, 1.54) is 0 Å². The number of fused-ring (bicyclic) bond motifs is 1. The Morgan fingerprint density at radius 1 is 0.864 bits per heavy atom. The fraction of sp³-hybridized carbons (Fsp3) is 0.222. The molecule has 0 spiro atoms. The lowest BCUT2D eigenvalue weighted by Crippen LogP contribution is -2.29. The van der Waals surface area contributed by atoms with E-state index in [1.54, 1.807) is 24.3 Å². The van der Waals surface area contributed by atoms with Crippen molar-refractivity contribution in [1.29, 1.82) is 0 Å². The Hall–Kier alpha value is -2.30. The summed E-state index contributed by atoms with van der Waals surface area (Å²) in [5.41, 5.74) is 2.90. The van der Waals surface area contributed by atoms with Gasteiger partial charge in [-0.1, -0.05) is 30.3 Å². The molecular weight excluding hydrogens is 278 g/mol. The summed E-state index contributed by atoms with van der Waals surface area (Å²) in [6.07, 6.45) is 0.931. The molecule has 1 heterocycles. The normalized spacial score (nSPS) is 14.1. The van der Waals surface area contributed by atoms with Gasteiger partial charge in [0.1, 0.15) is 5.75 Å². The Bertz CT molecular complexity index is 748. The van der Waals surface area contributed by atoms with Crippen LogP contribution in [-0.2, 0) is 12.8 Å². The maximum absolute atomic E-state index is 10.3. The highest BCUT2D eigenvalue weighted by molar-refractivity contribution is 5.83. The molecule has 4 nitrogen and oxygen atoms in total. The molecule has 0 saturated heterocycles. The van der Waals surface area contributed by atoms with Crippen molar-refractivity contribution in [3.63, 3.8) is 0 Å². The zero-order valence-corrected chi connectivity index (χ0v) is 12.1. The Morgan fingerprint density at radius 3 is 2.32 bits per heavy atom. The fourth-order valence-corrected chi connectivity index (χ4v) is 2.67. The highest BCUT2D eigenvalue weighted by Gasteiger charge is 2.18. The first-order valence-electron chi connectivity index (χ1n) is 7.32. The van der Waals surface area contributed by atoms with Crippen LogP contribution in [0.25, 0.3) is 10.9 Å². The second kappa shape index (κ2) is 6.22. The number of para-hydroxylation sites is 1.